The Morgan fingerprint density at radius 3 is 1.76 bits per heavy atom. The van der Waals surface area contributed by atoms with Gasteiger partial charge in [0.15, 0.2) is 0 Å². The lowest BCUT2D eigenvalue weighted by Crippen LogP contribution is -2.49. The van der Waals surface area contributed by atoms with E-state index in [1.54, 1.807) is 23.5 Å². The lowest BCUT2D eigenvalue weighted by Gasteiger charge is -2.29. The molecule has 0 radical (unpaired) electrons. The van der Waals surface area contributed by atoms with Crippen LogP contribution in [0.3, 0.4) is 0 Å². The van der Waals surface area contributed by atoms with Gasteiger partial charge in [-0.3, -0.25) is 19.4 Å². The molecule has 0 aliphatic carbocycles. The highest BCUT2D eigenvalue weighted by atomic mass is 32.2. The Hall–Kier alpha value is -0.440. The molecule has 8 heteroatoms. The van der Waals surface area contributed by atoms with E-state index in [1.165, 1.54) is 0 Å². The molecule has 0 spiro atoms. The molecule has 0 aromatic rings. The first-order valence-electron chi connectivity index (χ1n) is 7.14. The van der Waals surface area contributed by atoms with Crippen LogP contribution in [-0.2, 0) is 19.1 Å². The van der Waals surface area contributed by atoms with E-state index in [4.69, 9.17) is 9.47 Å². The van der Waals surface area contributed by atoms with Crippen molar-refractivity contribution in [3.05, 3.63) is 0 Å². The fourth-order valence-electron chi connectivity index (χ4n) is 2.38. The van der Waals surface area contributed by atoms with Crippen molar-refractivity contribution in [3.8, 4) is 0 Å². The zero-order valence-electron chi connectivity index (χ0n) is 12.4. The molecule has 2 fully saturated rings. The van der Waals surface area contributed by atoms with Crippen LogP contribution in [0.5, 0.6) is 0 Å². The van der Waals surface area contributed by atoms with E-state index in [9.17, 15) is 9.59 Å². The van der Waals surface area contributed by atoms with E-state index in [2.05, 4.69) is 9.80 Å². The minimum absolute atomic E-state index is 0.165. The summed E-state index contributed by atoms with van der Waals surface area (Å²) in [6, 6.07) is -0.410. The summed E-state index contributed by atoms with van der Waals surface area (Å²) < 4.78 is 10.2. The first-order chi connectivity index (χ1) is 10.2. The number of nitrogens with zero attached hydrogens (tertiary/aromatic N) is 2. The summed E-state index contributed by atoms with van der Waals surface area (Å²) in [6.45, 7) is 5.04. The van der Waals surface area contributed by atoms with E-state index in [0.717, 1.165) is 23.3 Å². The van der Waals surface area contributed by atoms with Crippen molar-refractivity contribution in [1.82, 2.24) is 9.80 Å². The Kier molecular flexibility index (Phi) is 6.66. The van der Waals surface area contributed by atoms with Crippen LogP contribution in [-0.4, -0.2) is 77.0 Å². The summed E-state index contributed by atoms with van der Waals surface area (Å²) in [6.07, 6.45) is 0. The lowest BCUT2D eigenvalue weighted by molar-refractivity contribution is -0.150. The molecular weight excluding hydrogens is 312 g/mol. The van der Waals surface area contributed by atoms with Crippen LogP contribution in [0.4, 0.5) is 0 Å². The van der Waals surface area contributed by atoms with Gasteiger partial charge < -0.3 is 9.47 Å². The molecule has 2 saturated heterocycles. The maximum absolute atomic E-state index is 12.0. The van der Waals surface area contributed by atoms with Crippen LogP contribution in [0.25, 0.3) is 0 Å². The van der Waals surface area contributed by atoms with Crippen molar-refractivity contribution in [2.24, 2.45) is 0 Å². The summed E-state index contributed by atoms with van der Waals surface area (Å²) in [7, 11) is 0. The number of esters is 2. The van der Waals surface area contributed by atoms with Crippen molar-refractivity contribution in [3.63, 3.8) is 0 Å². The molecule has 0 aromatic heterocycles. The third-order valence-corrected chi connectivity index (χ3v) is 5.56. The average Bonchev–Trinajstić information content (AvgIpc) is 3.09. The maximum atomic E-state index is 12.0. The standard InChI is InChI=1S/C13H22N2O4S2/c1-3-18-12(16)10-5-20-8-14(10)7-15-9-21-6-11(15)13(17)19-4-2/h10-11H,3-9H2,1-2H3/t10-,11-/m0/s1. The van der Waals surface area contributed by atoms with Crippen LogP contribution in [0.15, 0.2) is 0 Å². The van der Waals surface area contributed by atoms with E-state index in [0.29, 0.717) is 19.9 Å². The van der Waals surface area contributed by atoms with Gasteiger partial charge in [0.2, 0.25) is 0 Å². The Bertz CT molecular complexity index is 349. The van der Waals surface area contributed by atoms with E-state index in [-0.39, 0.29) is 24.0 Å². The topological polar surface area (TPSA) is 59.1 Å². The largest absolute Gasteiger partial charge is 0.465 e. The zero-order chi connectivity index (χ0) is 15.2. The van der Waals surface area contributed by atoms with Gasteiger partial charge in [0.1, 0.15) is 12.1 Å². The average molecular weight is 334 g/mol. The summed E-state index contributed by atoms with van der Waals surface area (Å²) in [5, 5.41) is 0. The molecule has 0 N–H and O–H groups in total. The number of ether oxygens (including phenoxy) is 2. The molecule has 2 heterocycles. The Morgan fingerprint density at radius 2 is 1.38 bits per heavy atom. The van der Waals surface area contributed by atoms with Gasteiger partial charge in [0.25, 0.3) is 0 Å². The molecule has 2 atom stereocenters. The Morgan fingerprint density at radius 1 is 0.952 bits per heavy atom. The number of rotatable bonds is 6. The SMILES string of the molecule is CCOC(=O)[C@@H]1CSCN1CN1CSC[C@H]1C(=O)OCC. The molecule has 6 nitrogen and oxygen atoms in total. The minimum atomic E-state index is -0.205. The van der Waals surface area contributed by atoms with Crippen molar-refractivity contribution >= 4 is 35.5 Å². The van der Waals surface area contributed by atoms with Crippen LogP contribution >= 0.6 is 23.5 Å². The number of carbonyl (C=O) groups excluding carboxylic acids is 2. The van der Waals surface area contributed by atoms with Gasteiger partial charge in [-0.05, 0) is 13.8 Å². The second-order valence-electron chi connectivity index (χ2n) is 4.85. The highest BCUT2D eigenvalue weighted by Crippen LogP contribution is 2.27. The summed E-state index contributed by atoms with van der Waals surface area (Å²) >= 11 is 3.45. The lowest BCUT2D eigenvalue weighted by atomic mass is 10.3. The third-order valence-electron chi connectivity index (χ3n) is 3.43. The smallest absolute Gasteiger partial charge is 0.324 e. The minimum Gasteiger partial charge on any atom is -0.465 e. The molecule has 0 bridgehead atoms. The highest BCUT2D eigenvalue weighted by molar-refractivity contribution is 7.99. The third kappa shape index (κ3) is 4.28. The van der Waals surface area contributed by atoms with E-state index < -0.39 is 0 Å². The van der Waals surface area contributed by atoms with Crippen molar-refractivity contribution in [2.75, 3.05) is 43.1 Å². The number of carbonyl (C=O) groups is 2. The van der Waals surface area contributed by atoms with Crippen LogP contribution in [0, 0.1) is 0 Å². The maximum Gasteiger partial charge on any atom is 0.324 e. The van der Waals surface area contributed by atoms with Gasteiger partial charge in [0.05, 0.1) is 19.9 Å². The molecule has 2 aliphatic rings. The molecular formula is C13H22N2O4S2. The summed E-state index contributed by atoms with van der Waals surface area (Å²) in [5.74, 6) is 2.76. The van der Waals surface area contributed by atoms with Gasteiger partial charge >= 0.3 is 11.9 Å². The van der Waals surface area contributed by atoms with Gasteiger partial charge in [-0.25, -0.2) is 0 Å². The normalized spacial score (nSPS) is 27.0. The predicted octanol–water partition coefficient (Wildman–Crippen LogP) is 0.820. The van der Waals surface area contributed by atoms with Crippen LogP contribution < -0.4 is 0 Å². The molecule has 2 rings (SSSR count). The van der Waals surface area contributed by atoms with Gasteiger partial charge in [0, 0.05) is 23.3 Å². The van der Waals surface area contributed by atoms with Crippen LogP contribution in [0.2, 0.25) is 0 Å². The number of hydrogen-bond acceptors (Lipinski definition) is 8. The van der Waals surface area contributed by atoms with E-state index in [1.807, 2.05) is 13.8 Å². The Labute approximate surface area is 133 Å². The summed E-state index contributed by atoms with van der Waals surface area (Å²) in [5.41, 5.74) is 0. The quantitative estimate of drug-likeness (QED) is 0.662. The molecule has 0 saturated carbocycles. The van der Waals surface area contributed by atoms with Crippen LogP contribution in [0.1, 0.15) is 13.8 Å². The summed E-state index contributed by atoms with van der Waals surface area (Å²) in [4.78, 5) is 28.1. The highest BCUT2D eigenvalue weighted by Gasteiger charge is 2.38. The van der Waals surface area contributed by atoms with E-state index >= 15 is 0 Å². The molecule has 0 unspecified atom stereocenters. The predicted molar refractivity (Wildman–Crippen MR) is 84.0 cm³/mol. The fourth-order valence-corrected chi connectivity index (χ4v) is 4.72. The molecule has 0 aromatic carbocycles. The molecule has 120 valence electrons. The fraction of sp³-hybridized carbons (Fsp3) is 0.846. The van der Waals surface area contributed by atoms with Gasteiger partial charge in [-0.2, -0.15) is 0 Å². The first-order valence-corrected chi connectivity index (χ1v) is 9.45. The van der Waals surface area contributed by atoms with Gasteiger partial charge in [-0.1, -0.05) is 0 Å². The van der Waals surface area contributed by atoms with Gasteiger partial charge in [-0.15, -0.1) is 23.5 Å². The van der Waals surface area contributed by atoms with Crippen molar-refractivity contribution in [1.29, 1.82) is 0 Å². The number of thioether (sulfide) groups is 2. The van der Waals surface area contributed by atoms with Crippen molar-refractivity contribution < 1.29 is 19.1 Å². The number of hydrogen-bond donors (Lipinski definition) is 0. The molecule has 2 aliphatic heterocycles. The molecule has 21 heavy (non-hydrogen) atoms. The monoisotopic (exact) mass is 334 g/mol. The second kappa shape index (κ2) is 8.26. The first kappa shape index (κ1) is 16.9. The van der Waals surface area contributed by atoms with Crippen molar-refractivity contribution in [2.45, 2.75) is 25.9 Å². The molecule has 0 amide bonds. The Balaban J connectivity index is 1.93. The zero-order valence-corrected chi connectivity index (χ0v) is 14.1. The second-order valence-corrected chi connectivity index (χ2v) is 6.85.